The summed E-state index contributed by atoms with van der Waals surface area (Å²) in [4.78, 5) is 6.93. The number of likely N-dealkylation sites (tertiary alicyclic amines) is 1. The molecular weight excluding hydrogens is 382 g/mol. The molecule has 4 rings (SSSR count). The summed E-state index contributed by atoms with van der Waals surface area (Å²) < 4.78 is 13.8. The largest absolute Gasteiger partial charge is 0.303 e. The van der Waals surface area contributed by atoms with Crippen LogP contribution < -0.4 is 0 Å². The van der Waals surface area contributed by atoms with Crippen molar-refractivity contribution in [3.63, 3.8) is 0 Å². The van der Waals surface area contributed by atoms with Crippen LogP contribution in [0, 0.1) is 5.82 Å². The van der Waals surface area contributed by atoms with Gasteiger partial charge in [0.05, 0.1) is 5.52 Å². The lowest BCUT2D eigenvalue weighted by molar-refractivity contribution is 0.327. The van der Waals surface area contributed by atoms with Crippen LogP contribution in [0.3, 0.4) is 0 Å². The maximum atomic E-state index is 13.8. The lowest BCUT2D eigenvalue weighted by atomic mass is 9.87. The van der Waals surface area contributed by atoms with Crippen LogP contribution in [-0.2, 0) is 0 Å². The molecule has 2 heterocycles. The SMILES string of the molecule is Cl.Cl.Fc1cccc(C(CCN2CCCC2)c2ccc3ncccc3c2)c1. The smallest absolute Gasteiger partial charge is 0.123 e. The first-order valence-electron chi connectivity index (χ1n) is 9.12. The first-order chi connectivity index (χ1) is 12.3. The van der Waals surface area contributed by atoms with E-state index in [2.05, 4.69) is 34.1 Å². The molecule has 3 aromatic rings. The normalized spacial score (nSPS) is 15.1. The zero-order chi connectivity index (χ0) is 17.1. The highest BCUT2D eigenvalue weighted by Gasteiger charge is 2.19. The quantitative estimate of drug-likeness (QED) is 0.529. The molecule has 1 fully saturated rings. The van der Waals surface area contributed by atoms with Crippen LogP contribution in [0.5, 0.6) is 0 Å². The highest BCUT2D eigenvalue weighted by molar-refractivity contribution is 5.85. The number of aromatic nitrogens is 1. The Labute approximate surface area is 172 Å². The van der Waals surface area contributed by atoms with Crippen molar-refractivity contribution in [1.82, 2.24) is 9.88 Å². The Hall–Kier alpha value is -1.68. The second kappa shape index (κ2) is 10.0. The fourth-order valence-corrected chi connectivity index (χ4v) is 3.88. The Balaban J connectivity index is 0.00000131. The van der Waals surface area contributed by atoms with Crippen LogP contribution in [-0.4, -0.2) is 29.5 Å². The molecule has 0 radical (unpaired) electrons. The monoisotopic (exact) mass is 406 g/mol. The van der Waals surface area contributed by atoms with Gasteiger partial charge in [0.25, 0.3) is 0 Å². The predicted octanol–water partition coefficient (Wildman–Crippen LogP) is 5.84. The van der Waals surface area contributed by atoms with Gasteiger partial charge in [-0.3, -0.25) is 4.98 Å². The van der Waals surface area contributed by atoms with Crippen molar-refractivity contribution in [1.29, 1.82) is 0 Å². The van der Waals surface area contributed by atoms with Crippen molar-refractivity contribution in [3.8, 4) is 0 Å². The van der Waals surface area contributed by atoms with Crippen LogP contribution in [0.15, 0.2) is 60.8 Å². The van der Waals surface area contributed by atoms with E-state index in [1.54, 1.807) is 6.07 Å². The van der Waals surface area contributed by atoms with Gasteiger partial charge < -0.3 is 4.90 Å². The summed E-state index contributed by atoms with van der Waals surface area (Å²) in [7, 11) is 0. The van der Waals surface area contributed by atoms with E-state index < -0.39 is 0 Å². The zero-order valence-corrected chi connectivity index (χ0v) is 16.8. The molecule has 2 aromatic carbocycles. The Kier molecular flexibility index (Phi) is 8.03. The van der Waals surface area contributed by atoms with Crippen molar-refractivity contribution >= 4 is 35.7 Å². The molecule has 0 saturated carbocycles. The molecule has 0 amide bonds. The minimum Gasteiger partial charge on any atom is -0.303 e. The number of hydrogen-bond donors (Lipinski definition) is 0. The second-order valence-corrected chi connectivity index (χ2v) is 6.90. The van der Waals surface area contributed by atoms with Crippen LogP contribution in [0.4, 0.5) is 4.39 Å². The molecule has 0 spiro atoms. The molecular formula is C22H25Cl2FN2. The van der Waals surface area contributed by atoms with Gasteiger partial charge in [-0.2, -0.15) is 0 Å². The Morgan fingerprint density at radius 3 is 2.48 bits per heavy atom. The Morgan fingerprint density at radius 2 is 1.70 bits per heavy atom. The minimum atomic E-state index is -0.161. The van der Waals surface area contributed by atoms with E-state index >= 15 is 0 Å². The van der Waals surface area contributed by atoms with Gasteiger partial charge in [0.2, 0.25) is 0 Å². The van der Waals surface area contributed by atoms with E-state index in [1.807, 2.05) is 24.4 Å². The molecule has 144 valence electrons. The van der Waals surface area contributed by atoms with E-state index in [1.165, 1.54) is 37.6 Å². The maximum absolute atomic E-state index is 13.8. The first-order valence-corrected chi connectivity index (χ1v) is 9.12. The molecule has 1 aliphatic heterocycles. The first kappa shape index (κ1) is 21.6. The molecule has 27 heavy (non-hydrogen) atoms. The minimum absolute atomic E-state index is 0. The van der Waals surface area contributed by atoms with Crippen molar-refractivity contribution in [2.75, 3.05) is 19.6 Å². The van der Waals surface area contributed by atoms with Gasteiger partial charge in [-0.05, 0) is 80.4 Å². The van der Waals surface area contributed by atoms with E-state index in [0.717, 1.165) is 29.4 Å². The Bertz CT molecular complexity index is 866. The summed E-state index contributed by atoms with van der Waals surface area (Å²) >= 11 is 0. The van der Waals surface area contributed by atoms with Gasteiger partial charge in [0.15, 0.2) is 0 Å². The van der Waals surface area contributed by atoms with Crippen molar-refractivity contribution < 1.29 is 4.39 Å². The molecule has 1 aliphatic rings. The summed E-state index contributed by atoms with van der Waals surface area (Å²) in [6.07, 6.45) is 5.42. The third kappa shape index (κ3) is 5.19. The highest BCUT2D eigenvalue weighted by Crippen LogP contribution is 2.31. The molecule has 0 bridgehead atoms. The van der Waals surface area contributed by atoms with Gasteiger partial charge in [0.1, 0.15) is 5.82 Å². The standard InChI is InChI=1S/C22H23FN2.2ClH/c23-20-7-3-5-17(16-20)21(10-14-25-12-1-2-13-25)18-8-9-22-19(15-18)6-4-11-24-22;;/h3-9,11,15-16,21H,1-2,10,12-14H2;2*1H. The number of pyridine rings is 1. The fraction of sp³-hybridized carbons (Fsp3) is 0.318. The number of hydrogen-bond acceptors (Lipinski definition) is 2. The predicted molar refractivity (Wildman–Crippen MR) is 115 cm³/mol. The van der Waals surface area contributed by atoms with Crippen LogP contribution in [0.2, 0.25) is 0 Å². The lowest BCUT2D eigenvalue weighted by Crippen LogP contribution is -2.22. The summed E-state index contributed by atoms with van der Waals surface area (Å²) in [5, 5.41) is 1.14. The van der Waals surface area contributed by atoms with E-state index in [4.69, 9.17) is 0 Å². The maximum Gasteiger partial charge on any atom is 0.123 e. The molecule has 2 nitrogen and oxygen atoms in total. The van der Waals surface area contributed by atoms with Crippen molar-refractivity contribution in [2.45, 2.75) is 25.2 Å². The highest BCUT2D eigenvalue weighted by atomic mass is 35.5. The van der Waals surface area contributed by atoms with Gasteiger partial charge in [0, 0.05) is 17.5 Å². The molecule has 1 aromatic heterocycles. The summed E-state index contributed by atoms with van der Waals surface area (Å²) in [6.45, 7) is 3.45. The topological polar surface area (TPSA) is 16.1 Å². The number of halogens is 3. The van der Waals surface area contributed by atoms with Crippen molar-refractivity contribution in [3.05, 3.63) is 77.7 Å². The number of fused-ring (bicyclic) bond motifs is 1. The average molecular weight is 407 g/mol. The molecule has 5 heteroatoms. The van der Waals surface area contributed by atoms with Crippen LogP contribution in [0.25, 0.3) is 10.9 Å². The van der Waals surface area contributed by atoms with E-state index in [0.29, 0.717) is 0 Å². The second-order valence-electron chi connectivity index (χ2n) is 6.90. The molecule has 0 aliphatic carbocycles. The molecule has 1 atom stereocenters. The summed E-state index contributed by atoms with van der Waals surface area (Å²) in [6, 6.07) is 17.6. The molecule has 1 saturated heterocycles. The lowest BCUT2D eigenvalue weighted by Gasteiger charge is -2.22. The molecule has 1 unspecified atom stereocenters. The van der Waals surface area contributed by atoms with E-state index in [-0.39, 0.29) is 36.5 Å². The van der Waals surface area contributed by atoms with Gasteiger partial charge in [-0.1, -0.05) is 24.3 Å². The number of rotatable bonds is 5. The van der Waals surface area contributed by atoms with Crippen LogP contribution in [0.1, 0.15) is 36.3 Å². The van der Waals surface area contributed by atoms with Crippen LogP contribution >= 0.6 is 24.8 Å². The van der Waals surface area contributed by atoms with Gasteiger partial charge in [-0.25, -0.2) is 4.39 Å². The average Bonchev–Trinajstić information content (AvgIpc) is 3.15. The fourth-order valence-electron chi connectivity index (χ4n) is 3.88. The van der Waals surface area contributed by atoms with E-state index in [9.17, 15) is 4.39 Å². The number of nitrogens with zero attached hydrogens (tertiary/aromatic N) is 2. The zero-order valence-electron chi connectivity index (χ0n) is 15.2. The Morgan fingerprint density at radius 1 is 0.926 bits per heavy atom. The third-order valence-corrected chi connectivity index (χ3v) is 5.21. The molecule has 0 N–H and O–H groups in total. The van der Waals surface area contributed by atoms with Gasteiger partial charge >= 0.3 is 0 Å². The third-order valence-electron chi connectivity index (χ3n) is 5.21. The summed E-state index contributed by atoms with van der Waals surface area (Å²) in [5.41, 5.74) is 3.30. The van der Waals surface area contributed by atoms with Crippen molar-refractivity contribution in [2.24, 2.45) is 0 Å². The number of benzene rings is 2. The summed E-state index contributed by atoms with van der Waals surface area (Å²) in [5.74, 6) is 0.0482. The van der Waals surface area contributed by atoms with Gasteiger partial charge in [-0.15, -0.1) is 24.8 Å².